The van der Waals surface area contributed by atoms with Gasteiger partial charge in [0.1, 0.15) is 23.4 Å². The van der Waals surface area contributed by atoms with Crippen LogP contribution in [0.1, 0.15) is 83.6 Å². The van der Waals surface area contributed by atoms with Crippen molar-refractivity contribution >= 4 is 29.2 Å². The molecule has 2 bridgehead atoms. The van der Waals surface area contributed by atoms with E-state index in [-0.39, 0.29) is 40.2 Å². The first-order valence-electron chi connectivity index (χ1n) is 13.3. The fourth-order valence-corrected chi connectivity index (χ4v) is 5.29. The van der Waals surface area contributed by atoms with E-state index in [1.165, 1.54) is 32.1 Å². The molecule has 4 rings (SSSR count). The highest BCUT2D eigenvalue weighted by Crippen LogP contribution is 2.44. The van der Waals surface area contributed by atoms with Crippen molar-refractivity contribution in [3.05, 3.63) is 75.5 Å². The number of carbonyl (C=O) groups is 5. The van der Waals surface area contributed by atoms with Gasteiger partial charge in [-0.3, -0.25) is 24.0 Å². The van der Waals surface area contributed by atoms with Gasteiger partial charge < -0.3 is 20.3 Å². The molecule has 40 heavy (non-hydrogen) atoms. The number of allylic oxidation sites excluding steroid dienone is 3. The number of rotatable bonds is 2. The minimum Gasteiger partial charge on any atom is -0.507 e. The molecule has 0 saturated carbocycles. The Balaban J connectivity index is 2.03. The number of amides is 1. The molecule has 0 aromatic heterocycles. The van der Waals surface area contributed by atoms with Gasteiger partial charge in [-0.05, 0) is 64.2 Å². The molecular weight excluding hydrogens is 514 g/mol. The maximum Gasteiger partial charge on any atom is 0.321 e. The minimum atomic E-state index is -1.96. The molecule has 0 spiro atoms. The number of hydrogen-bond acceptors (Lipinski definition) is 8. The van der Waals surface area contributed by atoms with Crippen LogP contribution in [0.3, 0.4) is 0 Å². The van der Waals surface area contributed by atoms with Crippen LogP contribution in [0.5, 0.6) is 5.75 Å². The molecule has 1 amide bonds. The summed E-state index contributed by atoms with van der Waals surface area (Å²) in [5, 5.41) is 24.4. The lowest BCUT2D eigenvalue weighted by atomic mass is 9.71. The van der Waals surface area contributed by atoms with E-state index in [4.69, 9.17) is 4.74 Å². The number of aliphatic hydroxyl groups excluding tert-OH is 1. The van der Waals surface area contributed by atoms with Crippen molar-refractivity contribution < 1.29 is 38.9 Å². The molecule has 1 aromatic rings. The number of hydrogen-bond donors (Lipinski definition) is 3. The number of benzene rings is 1. The number of Topliss-reactive ketones (excluding diaryl/α,β-unsaturated/α-hetero) is 3. The lowest BCUT2D eigenvalue weighted by Crippen LogP contribution is -2.42. The summed E-state index contributed by atoms with van der Waals surface area (Å²) in [7, 11) is 0. The number of ketones is 3. The third-order valence-corrected chi connectivity index (χ3v) is 7.63. The van der Waals surface area contributed by atoms with Crippen LogP contribution in [0.25, 0.3) is 0 Å². The van der Waals surface area contributed by atoms with Crippen LogP contribution < -0.4 is 5.32 Å². The smallest absolute Gasteiger partial charge is 0.321 e. The molecule has 9 heteroatoms. The summed E-state index contributed by atoms with van der Waals surface area (Å²) in [6, 6.07) is 1.30. The average Bonchev–Trinajstić information content (AvgIpc) is 3.03. The van der Waals surface area contributed by atoms with E-state index in [0.717, 1.165) is 11.6 Å². The Morgan fingerprint density at radius 2 is 1.82 bits per heavy atom. The first-order valence-corrected chi connectivity index (χ1v) is 13.3. The van der Waals surface area contributed by atoms with Crippen LogP contribution in [0.2, 0.25) is 0 Å². The molecular formula is C31H33NO8. The van der Waals surface area contributed by atoms with E-state index in [0.29, 0.717) is 12.8 Å². The number of carbonyl (C=O) groups excluding carboxylic acids is 5. The Kier molecular flexibility index (Phi) is 7.81. The quantitative estimate of drug-likeness (QED) is 0.374. The molecule has 2 heterocycles. The number of cyclic esters (lactones) is 1. The van der Waals surface area contributed by atoms with Crippen LogP contribution in [0, 0.1) is 18.3 Å². The van der Waals surface area contributed by atoms with Gasteiger partial charge in [0.05, 0.1) is 11.3 Å². The topological polar surface area (TPSA) is 147 Å². The summed E-state index contributed by atoms with van der Waals surface area (Å²) >= 11 is 0. The molecule has 3 aliphatic rings. The molecule has 0 unspecified atom stereocenters. The molecule has 0 fully saturated rings. The maximum atomic E-state index is 14.2. The zero-order valence-corrected chi connectivity index (χ0v) is 23.2. The van der Waals surface area contributed by atoms with Gasteiger partial charge in [0.2, 0.25) is 11.7 Å². The maximum absolute atomic E-state index is 14.2. The van der Waals surface area contributed by atoms with Crippen molar-refractivity contribution in [3.63, 3.8) is 0 Å². The van der Waals surface area contributed by atoms with E-state index in [1.54, 1.807) is 26.0 Å². The standard InChI is InChI=1S/C31H33NO8/c1-6-17-7-9-19(33)21(13-15(2)3)40-30(39)31(5)12-11-22(35)32-26-25(31)29(38)23-18(28(26)37)14-16(4)27(36)24(23)20(34)10-8-17/h7,9,11-14,17,19,21,33,36H,6,8,10H2,1-5H3,(H,32,35)/t17-,19-,21-,31+/m0/s1. The highest BCUT2D eigenvalue weighted by Gasteiger charge is 2.50. The van der Waals surface area contributed by atoms with E-state index < -0.39 is 58.3 Å². The Hall–Kier alpha value is -4.11. The van der Waals surface area contributed by atoms with E-state index in [2.05, 4.69) is 5.32 Å². The van der Waals surface area contributed by atoms with Crippen molar-refractivity contribution in [3.8, 4) is 5.75 Å². The second-order valence-corrected chi connectivity index (χ2v) is 10.9. The Morgan fingerprint density at radius 1 is 1.12 bits per heavy atom. The van der Waals surface area contributed by atoms with Crippen LogP contribution in [-0.4, -0.2) is 51.6 Å². The normalized spacial score (nSPS) is 26.9. The van der Waals surface area contributed by atoms with Crippen molar-refractivity contribution in [2.45, 2.75) is 66.1 Å². The molecule has 4 atom stereocenters. The number of nitrogens with one attached hydrogen (secondary N) is 1. The minimum absolute atomic E-state index is 0.0451. The zero-order valence-electron chi connectivity index (χ0n) is 23.2. The van der Waals surface area contributed by atoms with Crippen LogP contribution >= 0.6 is 0 Å². The zero-order chi connectivity index (χ0) is 29.5. The van der Waals surface area contributed by atoms with E-state index in [9.17, 15) is 34.2 Å². The average molecular weight is 548 g/mol. The number of phenols is 1. The summed E-state index contributed by atoms with van der Waals surface area (Å²) in [5.41, 5.74) is -2.50. The monoisotopic (exact) mass is 547 g/mol. The number of ether oxygens (including phenoxy) is 1. The van der Waals surface area contributed by atoms with Gasteiger partial charge in [-0.2, -0.15) is 0 Å². The largest absolute Gasteiger partial charge is 0.507 e. The summed E-state index contributed by atoms with van der Waals surface area (Å²) in [6.07, 6.45) is 5.59. The second kappa shape index (κ2) is 10.8. The van der Waals surface area contributed by atoms with Crippen LogP contribution in [0.4, 0.5) is 0 Å². The van der Waals surface area contributed by atoms with Crippen molar-refractivity contribution in [2.75, 3.05) is 0 Å². The third-order valence-electron chi connectivity index (χ3n) is 7.63. The lowest BCUT2D eigenvalue weighted by molar-refractivity contribution is -0.157. The molecule has 1 aromatic carbocycles. The molecule has 210 valence electrons. The summed E-state index contributed by atoms with van der Waals surface area (Å²) < 4.78 is 5.77. The summed E-state index contributed by atoms with van der Waals surface area (Å²) in [6.45, 7) is 8.30. The summed E-state index contributed by atoms with van der Waals surface area (Å²) in [5.74, 6) is -4.43. The molecule has 2 aliphatic heterocycles. The number of aryl methyl sites for hydroxylation is 1. The first kappa shape index (κ1) is 28.9. The fourth-order valence-electron chi connectivity index (χ4n) is 5.29. The van der Waals surface area contributed by atoms with Gasteiger partial charge in [0.15, 0.2) is 11.6 Å². The second-order valence-electron chi connectivity index (χ2n) is 10.9. The predicted octanol–water partition coefficient (Wildman–Crippen LogP) is 3.82. The van der Waals surface area contributed by atoms with Gasteiger partial charge >= 0.3 is 5.97 Å². The molecule has 0 radical (unpaired) electrons. The number of aromatic hydroxyl groups is 1. The molecule has 0 saturated heterocycles. The molecule has 1 aliphatic carbocycles. The van der Waals surface area contributed by atoms with Gasteiger partial charge in [0, 0.05) is 29.2 Å². The number of aliphatic hydroxyl groups is 1. The Bertz CT molecular complexity index is 1460. The van der Waals surface area contributed by atoms with E-state index in [1.807, 2.05) is 6.92 Å². The van der Waals surface area contributed by atoms with Gasteiger partial charge in [-0.15, -0.1) is 0 Å². The van der Waals surface area contributed by atoms with E-state index >= 15 is 0 Å². The highest BCUT2D eigenvalue weighted by molar-refractivity contribution is 6.32. The Labute approximate surface area is 232 Å². The highest BCUT2D eigenvalue weighted by atomic mass is 16.6. The van der Waals surface area contributed by atoms with Gasteiger partial charge in [-0.1, -0.05) is 30.7 Å². The van der Waals surface area contributed by atoms with Crippen molar-refractivity contribution in [1.82, 2.24) is 5.32 Å². The molecule has 3 N–H and O–H groups in total. The van der Waals surface area contributed by atoms with Crippen molar-refractivity contribution in [1.29, 1.82) is 0 Å². The van der Waals surface area contributed by atoms with Crippen LogP contribution in [0.15, 0.2) is 53.3 Å². The van der Waals surface area contributed by atoms with Gasteiger partial charge in [0.25, 0.3) is 0 Å². The third kappa shape index (κ3) is 4.97. The fraction of sp³-hybridized carbons (Fsp3) is 0.387. The van der Waals surface area contributed by atoms with Gasteiger partial charge in [-0.25, -0.2) is 0 Å². The lowest BCUT2D eigenvalue weighted by Gasteiger charge is -2.32. The van der Waals surface area contributed by atoms with Crippen molar-refractivity contribution in [2.24, 2.45) is 11.3 Å². The summed E-state index contributed by atoms with van der Waals surface area (Å²) in [4.78, 5) is 68.0. The first-order chi connectivity index (χ1) is 18.8. The predicted molar refractivity (Wildman–Crippen MR) is 146 cm³/mol. The Morgan fingerprint density at radius 3 is 2.48 bits per heavy atom. The number of esters is 1. The molecule has 9 nitrogen and oxygen atoms in total. The number of phenolic OH excluding ortho intramolecular Hbond substituents is 1. The SMILES string of the molecule is CC[C@H]1C=C[C@H](O)[C@H](C=C(C)C)OC(=O)[C@]2(C)C=CC(=O)NC3=C2C(=O)c2c(cc(C)c(O)c2C(=O)CC1)C3=O. The van der Waals surface area contributed by atoms with Crippen LogP contribution in [-0.2, 0) is 14.3 Å².